The first-order chi connectivity index (χ1) is 7.91. The average Bonchev–Trinajstić information content (AvgIpc) is 2.44. The average molecular weight is 260 g/mol. The van der Waals surface area contributed by atoms with Gasteiger partial charge in [0.1, 0.15) is 0 Å². The van der Waals surface area contributed by atoms with Crippen molar-refractivity contribution in [1.29, 1.82) is 0 Å². The van der Waals surface area contributed by atoms with Gasteiger partial charge < -0.3 is 4.90 Å². The Morgan fingerprint density at radius 2 is 2.12 bits per heavy atom. The Morgan fingerprint density at radius 3 is 2.65 bits per heavy atom. The topological polar surface area (TPSA) is 49.4 Å². The van der Waals surface area contributed by atoms with Crippen LogP contribution < -0.4 is 5.32 Å². The summed E-state index contributed by atoms with van der Waals surface area (Å²) in [5, 5.41) is 3.32. The smallest absolute Gasteiger partial charge is 0.241 e. The summed E-state index contributed by atoms with van der Waals surface area (Å²) in [6.07, 6.45) is 3.51. The fourth-order valence-corrected chi connectivity index (χ4v) is 2.76. The Labute approximate surface area is 107 Å². The number of amides is 1. The Morgan fingerprint density at radius 1 is 1.47 bits per heavy atom. The lowest BCUT2D eigenvalue weighted by Gasteiger charge is -2.20. The summed E-state index contributed by atoms with van der Waals surface area (Å²) in [6.45, 7) is 6.98. The van der Waals surface area contributed by atoms with E-state index in [4.69, 9.17) is 0 Å². The molecule has 0 aromatic heterocycles. The standard InChI is InChI=1S/C12H24N2O2S/c1-9(2)8-11-12(15)14(10(3)13-11)6-5-7-17(4)16/h9-11,13H,5-8H2,1-4H3. The van der Waals surface area contributed by atoms with Gasteiger partial charge in [-0.05, 0) is 25.7 Å². The molecule has 1 aliphatic rings. The summed E-state index contributed by atoms with van der Waals surface area (Å²) >= 11 is 0. The molecule has 1 amide bonds. The zero-order valence-corrected chi connectivity index (χ0v) is 12.0. The van der Waals surface area contributed by atoms with E-state index in [1.165, 1.54) is 0 Å². The second kappa shape index (κ2) is 6.50. The van der Waals surface area contributed by atoms with Crippen LogP contribution in [0, 0.1) is 5.92 Å². The lowest BCUT2D eigenvalue weighted by Crippen LogP contribution is -2.35. The Bertz CT molecular complexity index is 294. The van der Waals surface area contributed by atoms with Crippen LogP contribution in [0.3, 0.4) is 0 Å². The van der Waals surface area contributed by atoms with Gasteiger partial charge in [-0.2, -0.15) is 0 Å². The van der Waals surface area contributed by atoms with Crippen molar-refractivity contribution in [2.75, 3.05) is 18.6 Å². The third kappa shape index (κ3) is 4.39. The lowest BCUT2D eigenvalue weighted by molar-refractivity contribution is -0.130. The Balaban J connectivity index is 2.45. The minimum atomic E-state index is -0.764. The third-order valence-electron chi connectivity index (χ3n) is 3.03. The highest BCUT2D eigenvalue weighted by atomic mass is 32.2. The summed E-state index contributed by atoms with van der Waals surface area (Å²) in [7, 11) is -0.764. The van der Waals surface area contributed by atoms with Crippen LogP contribution in [0.1, 0.15) is 33.6 Å². The largest absolute Gasteiger partial charge is 0.326 e. The quantitative estimate of drug-likeness (QED) is 0.773. The first-order valence-electron chi connectivity index (χ1n) is 6.28. The second-order valence-corrected chi connectivity index (χ2v) is 6.74. The third-order valence-corrected chi connectivity index (χ3v) is 3.89. The minimum Gasteiger partial charge on any atom is -0.326 e. The molecule has 17 heavy (non-hydrogen) atoms. The van der Waals surface area contributed by atoms with Crippen LogP contribution in [-0.2, 0) is 15.6 Å². The van der Waals surface area contributed by atoms with Crippen LogP contribution in [0.2, 0.25) is 0 Å². The van der Waals surface area contributed by atoms with Crippen molar-refractivity contribution in [3.63, 3.8) is 0 Å². The predicted octanol–water partition coefficient (Wildman–Crippen LogP) is 0.948. The van der Waals surface area contributed by atoms with Crippen LogP contribution in [0.25, 0.3) is 0 Å². The maximum atomic E-state index is 12.1. The van der Waals surface area contributed by atoms with Gasteiger partial charge in [0, 0.05) is 29.4 Å². The maximum Gasteiger partial charge on any atom is 0.241 e. The molecule has 0 aliphatic carbocycles. The van der Waals surface area contributed by atoms with E-state index in [1.807, 2.05) is 11.8 Å². The molecule has 1 rings (SSSR count). The zero-order chi connectivity index (χ0) is 13.0. The van der Waals surface area contributed by atoms with Crippen molar-refractivity contribution in [2.45, 2.75) is 45.8 Å². The molecule has 1 saturated heterocycles. The van der Waals surface area contributed by atoms with Gasteiger partial charge in [0.25, 0.3) is 0 Å². The van der Waals surface area contributed by atoms with E-state index < -0.39 is 10.8 Å². The maximum absolute atomic E-state index is 12.1. The molecular formula is C12H24N2O2S. The van der Waals surface area contributed by atoms with Crippen molar-refractivity contribution in [3.05, 3.63) is 0 Å². The van der Waals surface area contributed by atoms with Crippen LogP contribution in [0.5, 0.6) is 0 Å². The molecule has 5 heteroatoms. The molecule has 0 bridgehead atoms. The van der Waals surface area contributed by atoms with E-state index in [0.29, 0.717) is 18.2 Å². The van der Waals surface area contributed by atoms with Gasteiger partial charge in [-0.1, -0.05) is 13.8 Å². The highest BCUT2D eigenvalue weighted by molar-refractivity contribution is 7.84. The molecule has 1 aliphatic heterocycles. The molecule has 0 spiro atoms. The molecule has 0 aromatic rings. The minimum absolute atomic E-state index is 0.0304. The number of rotatable bonds is 6. The van der Waals surface area contributed by atoms with E-state index in [0.717, 1.165) is 12.8 Å². The van der Waals surface area contributed by atoms with Crippen LogP contribution in [0.4, 0.5) is 0 Å². The molecule has 0 saturated carbocycles. The normalized spacial score (nSPS) is 26.9. The number of nitrogens with one attached hydrogen (secondary N) is 1. The molecule has 3 atom stereocenters. The number of nitrogens with zero attached hydrogens (tertiary/aromatic N) is 1. The highest BCUT2D eigenvalue weighted by Crippen LogP contribution is 2.16. The van der Waals surface area contributed by atoms with Crippen LogP contribution >= 0.6 is 0 Å². The fourth-order valence-electron chi connectivity index (χ4n) is 2.23. The van der Waals surface area contributed by atoms with E-state index in [-0.39, 0.29) is 18.1 Å². The molecule has 0 aromatic carbocycles. The summed E-state index contributed by atoms with van der Waals surface area (Å²) < 4.78 is 11.0. The van der Waals surface area contributed by atoms with Gasteiger partial charge in [0.2, 0.25) is 5.91 Å². The van der Waals surface area contributed by atoms with Crippen LogP contribution in [-0.4, -0.2) is 45.8 Å². The van der Waals surface area contributed by atoms with Crippen molar-refractivity contribution < 1.29 is 9.00 Å². The molecule has 0 radical (unpaired) electrons. The lowest BCUT2D eigenvalue weighted by atomic mass is 10.0. The van der Waals surface area contributed by atoms with E-state index >= 15 is 0 Å². The van der Waals surface area contributed by atoms with E-state index in [1.54, 1.807) is 6.26 Å². The zero-order valence-electron chi connectivity index (χ0n) is 11.2. The molecule has 100 valence electrons. The summed E-state index contributed by atoms with van der Waals surface area (Å²) in [5.74, 6) is 1.39. The molecule has 1 fully saturated rings. The van der Waals surface area contributed by atoms with Gasteiger partial charge in [0.05, 0.1) is 12.2 Å². The first kappa shape index (κ1) is 14.6. The molecule has 4 nitrogen and oxygen atoms in total. The monoisotopic (exact) mass is 260 g/mol. The Hall–Kier alpha value is -0.420. The van der Waals surface area contributed by atoms with Gasteiger partial charge in [-0.3, -0.25) is 14.3 Å². The molecule has 1 heterocycles. The number of carbonyl (C=O) groups is 1. The first-order valence-corrected chi connectivity index (χ1v) is 8.01. The highest BCUT2D eigenvalue weighted by Gasteiger charge is 2.35. The summed E-state index contributed by atoms with van der Waals surface area (Å²) in [4.78, 5) is 14.0. The van der Waals surface area contributed by atoms with E-state index in [9.17, 15) is 9.00 Å². The van der Waals surface area contributed by atoms with Crippen molar-refractivity contribution in [3.8, 4) is 0 Å². The summed E-state index contributed by atoms with van der Waals surface area (Å²) in [6, 6.07) is -0.0304. The van der Waals surface area contributed by atoms with Crippen molar-refractivity contribution >= 4 is 16.7 Å². The number of hydrogen-bond acceptors (Lipinski definition) is 3. The van der Waals surface area contributed by atoms with Crippen LogP contribution in [0.15, 0.2) is 0 Å². The van der Waals surface area contributed by atoms with Gasteiger partial charge in [-0.25, -0.2) is 0 Å². The Kier molecular flexibility index (Phi) is 5.59. The number of carbonyl (C=O) groups excluding carboxylic acids is 1. The van der Waals surface area contributed by atoms with Gasteiger partial charge in [0.15, 0.2) is 0 Å². The van der Waals surface area contributed by atoms with Gasteiger partial charge >= 0.3 is 0 Å². The SMILES string of the molecule is CC(C)CC1NC(C)N(CCCS(C)=O)C1=O. The summed E-state index contributed by atoms with van der Waals surface area (Å²) in [5.41, 5.74) is 0. The molecular weight excluding hydrogens is 236 g/mol. The van der Waals surface area contributed by atoms with Crippen molar-refractivity contribution in [1.82, 2.24) is 10.2 Å². The molecule has 3 unspecified atom stereocenters. The molecule has 1 N–H and O–H groups in total. The van der Waals surface area contributed by atoms with E-state index in [2.05, 4.69) is 19.2 Å². The predicted molar refractivity (Wildman–Crippen MR) is 71.1 cm³/mol. The number of hydrogen-bond donors (Lipinski definition) is 1. The van der Waals surface area contributed by atoms with Gasteiger partial charge in [-0.15, -0.1) is 0 Å². The van der Waals surface area contributed by atoms with Crippen molar-refractivity contribution in [2.24, 2.45) is 5.92 Å². The fraction of sp³-hybridized carbons (Fsp3) is 0.917. The second-order valence-electron chi connectivity index (χ2n) is 5.19.